The molecular formula is C22H14Br2N4O8S2. The second-order valence-corrected chi connectivity index (χ2v) is 12.2. The average Bonchev–Trinajstić information content (AvgIpc) is 2.83. The first kappa shape index (κ1) is 27.7. The second kappa shape index (κ2) is 10.5. The Balaban J connectivity index is 2.01. The molecule has 0 bridgehead atoms. The molecule has 4 N–H and O–H groups in total. The van der Waals surface area contributed by atoms with Crippen molar-refractivity contribution in [3.8, 4) is 11.5 Å². The highest BCUT2D eigenvalue weighted by molar-refractivity contribution is 9.10. The van der Waals surface area contributed by atoms with Crippen molar-refractivity contribution in [2.75, 3.05) is 0 Å². The smallest absolute Gasteiger partial charge is 0.296 e. The van der Waals surface area contributed by atoms with Crippen LogP contribution in [0.1, 0.15) is 0 Å². The highest BCUT2D eigenvalue weighted by Gasteiger charge is 2.28. The van der Waals surface area contributed by atoms with Crippen molar-refractivity contribution in [2.45, 2.75) is 9.79 Å². The molecule has 0 heterocycles. The minimum absolute atomic E-state index is 0.254. The Labute approximate surface area is 232 Å². The number of aromatic hydroxyl groups is 2. The van der Waals surface area contributed by atoms with Crippen molar-refractivity contribution in [3.63, 3.8) is 0 Å². The summed E-state index contributed by atoms with van der Waals surface area (Å²) < 4.78 is 69.3. The van der Waals surface area contributed by atoms with E-state index in [1.807, 2.05) is 0 Å². The van der Waals surface area contributed by atoms with Crippen LogP contribution in [-0.2, 0) is 20.2 Å². The maximum absolute atomic E-state index is 12.1. The molecule has 0 atom stereocenters. The molecule has 0 aliphatic carbocycles. The zero-order valence-corrected chi connectivity index (χ0v) is 23.4. The van der Waals surface area contributed by atoms with Crippen LogP contribution in [0.25, 0.3) is 10.8 Å². The van der Waals surface area contributed by atoms with Gasteiger partial charge in [-0.3, -0.25) is 9.11 Å². The monoisotopic (exact) mass is 684 g/mol. The Morgan fingerprint density at radius 2 is 0.921 bits per heavy atom. The van der Waals surface area contributed by atoms with E-state index in [9.17, 15) is 36.2 Å². The fourth-order valence-electron chi connectivity index (χ4n) is 3.28. The van der Waals surface area contributed by atoms with Crippen LogP contribution < -0.4 is 0 Å². The lowest BCUT2D eigenvalue weighted by Gasteiger charge is -2.13. The van der Waals surface area contributed by atoms with Crippen LogP contribution in [-0.4, -0.2) is 36.2 Å². The number of phenolic OH excluding ortho intramolecular Hbond substituents is 2. The maximum atomic E-state index is 12.1. The van der Waals surface area contributed by atoms with Crippen LogP contribution in [0.3, 0.4) is 0 Å². The van der Waals surface area contributed by atoms with Gasteiger partial charge in [-0.25, -0.2) is 0 Å². The highest BCUT2D eigenvalue weighted by Crippen LogP contribution is 2.50. The van der Waals surface area contributed by atoms with Gasteiger partial charge in [0.2, 0.25) is 0 Å². The van der Waals surface area contributed by atoms with Gasteiger partial charge in [-0.05, 0) is 66.0 Å². The van der Waals surface area contributed by atoms with Gasteiger partial charge in [0.1, 0.15) is 21.2 Å². The zero-order chi connectivity index (χ0) is 27.8. The van der Waals surface area contributed by atoms with Crippen LogP contribution in [0.2, 0.25) is 0 Å². The summed E-state index contributed by atoms with van der Waals surface area (Å²) >= 11 is 6.50. The molecule has 0 radical (unpaired) electrons. The van der Waals surface area contributed by atoms with E-state index in [2.05, 4.69) is 52.3 Å². The molecule has 0 saturated carbocycles. The van der Waals surface area contributed by atoms with Gasteiger partial charge < -0.3 is 10.2 Å². The molecule has 4 aromatic rings. The number of hydrogen-bond acceptors (Lipinski definition) is 10. The molecule has 38 heavy (non-hydrogen) atoms. The number of rotatable bonds is 6. The first-order chi connectivity index (χ1) is 17.8. The standard InChI is InChI=1S/C22H14Br2N4O8S2/c23-12-1-5-14(6-2-12)25-27-19-16(37(31,32)33)9-11-10-17(38(34,35)36)20(22(30)18(11)21(19)29)28-26-15-7-3-13(24)4-8-15/h1-10,29-30H,(H,31,32,33)(H,34,35,36). The second-order valence-electron chi connectivity index (χ2n) is 7.54. The van der Waals surface area contributed by atoms with Gasteiger partial charge in [0, 0.05) is 8.95 Å². The van der Waals surface area contributed by atoms with Crippen molar-refractivity contribution in [2.24, 2.45) is 20.5 Å². The van der Waals surface area contributed by atoms with E-state index in [0.29, 0.717) is 0 Å². The summed E-state index contributed by atoms with van der Waals surface area (Å²) in [7, 11) is -10.1. The van der Waals surface area contributed by atoms with E-state index in [1.54, 1.807) is 24.3 Å². The van der Waals surface area contributed by atoms with Crippen LogP contribution >= 0.6 is 31.9 Å². The summed E-state index contributed by atoms with van der Waals surface area (Å²) in [6, 6.07) is 14.1. The van der Waals surface area contributed by atoms with E-state index in [1.165, 1.54) is 24.3 Å². The van der Waals surface area contributed by atoms with Gasteiger partial charge >= 0.3 is 0 Å². The lowest BCUT2D eigenvalue weighted by Crippen LogP contribution is -2.01. The topological polar surface area (TPSA) is 199 Å². The Kier molecular flexibility index (Phi) is 7.64. The molecule has 0 saturated heterocycles. The maximum Gasteiger partial charge on any atom is 0.296 e. The summed E-state index contributed by atoms with van der Waals surface area (Å²) in [5, 5.41) is 36.2. The normalized spacial score (nSPS) is 12.6. The lowest BCUT2D eigenvalue weighted by atomic mass is 10.1. The van der Waals surface area contributed by atoms with E-state index < -0.39 is 58.3 Å². The zero-order valence-electron chi connectivity index (χ0n) is 18.6. The molecular weight excluding hydrogens is 672 g/mol. The summed E-state index contributed by atoms with van der Waals surface area (Å²) in [4.78, 5) is -1.87. The van der Waals surface area contributed by atoms with Crippen molar-refractivity contribution in [1.82, 2.24) is 0 Å². The van der Waals surface area contributed by atoms with Crippen molar-refractivity contribution < 1.29 is 36.2 Å². The third kappa shape index (κ3) is 5.90. The Hall–Kier alpha value is -3.28. The third-order valence-corrected chi connectivity index (χ3v) is 7.78. The number of azo groups is 2. The summed E-state index contributed by atoms with van der Waals surface area (Å²) in [6.07, 6.45) is 0. The summed E-state index contributed by atoms with van der Waals surface area (Å²) in [5.74, 6) is -1.93. The molecule has 4 aromatic carbocycles. The van der Waals surface area contributed by atoms with Crippen molar-refractivity contribution >= 4 is 85.6 Å². The van der Waals surface area contributed by atoms with E-state index in [-0.39, 0.29) is 16.8 Å². The average molecular weight is 686 g/mol. The molecule has 16 heteroatoms. The Morgan fingerprint density at radius 3 is 1.24 bits per heavy atom. The van der Waals surface area contributed by atoms with Crippen molar-refractivity contribution in [3.05, 3.63) is 69.6 Å². The molecule has 196 valence electrons. The first-order valence-corrected chi connectivity index (χ1v) is 14.6. The fraction of sp³-hybridized carbons (Fsp3) is 0. The van der Waals surface area contributed by atoms with Gasteiger partial charge in [0.25, 0.3) is 20.2 Å². The van der Waals surface area contributed by atoms with Crippen molar-refractivity contribution in [1.29, 1.82) is 0 Å². The minimum Gasteiger partial charge on any atom is -0.505 e. The van der Waals surface area contributed by atoms with Crippen LogP contribution in [0, 0.1) is 0 Å². The van der Waals surface area contributed by atoms with Gasteiger partial charge in [0.05, 0.1) is 16.8 Å². The summed E-state index contributed by atoms with van der Waals surface area (Å²) in [5.41, 5.74) is -0.977. The number of phenols is 2. The summed E-state index contributed by atoms with van der Waals surface area (Å²) in [6.45, 7) is 0. The minimum atomic E-state index is -5.04. The van der Waals surface area contributed by atoms with Crippen LogP contribution in [0.4, 0.5) is 22.7 Å². The first-order valence-electron chi connectivity index (χ1n) is 10.1. The quantitative estimate of drug-likeness (QED) is 0.122. The molecule has 0 spiro atoms. The number of nitrogens with zero attached hydrogens (tertiary/aromatic N) is 4. The highest BCUT2D eigenvalue weighted by atomic mass is 79.9. The SMILES string of the molecule is O=S(=O)(O)c1cc2cc(S(=O)(=O)O)c(N=Nc3ccc(Br)cc3)c(O)c2c(O)c1N=Nc1ccc(Br)cc1. The molecule has 0 fully saturated rings. The van der Waals surface area contributed by atoms with Crippen LogP contribution in [0.15, 0.2) is 99.9 Å². The number of benzene rings is 4. The van der Waals surface area contributed by atoms with Gasteiger partial charge in [-0.2, -0.15) is 27.1 Å². The predicted molar refractivity (Wildman–Crippen MR) is 144 cm³/mol. The molecule has 0 aliphatic heterocycles. The van der Waals surface area contributed by atoms with E-state index in [4.69, 9.17) is 0 Å². The Bertz CT molecular complexity index is 1710. The fourth-order valence-corrected chi connectivity index (χ4v) is 5.12. The van der Waals surface area contributed by atoms with Gasteiger partial charge in [-0.15, -0.1) is 10.2 Å². The number of halogens is 2. The lowest BCUT2D eigenvalue weighted by molar-refractivity contribution is 0.458. The largest absolute Gasteiger partial charge is 0.505 e. The molecule has 0 unspecified atom stereocenters. The van der Waals surface area contributed by atoms with Crippen LogP contribution in [0.5, 0.6) is 11.5 Å². The number of fused-ring (bicyclic) bond motifs is 1. The predicted octanol–water partition coefficient (Wildman–Crippen LogP) is 7.10. The van der Waals surface area contributed by atoms with E-state index >= 15 is 0 Å². The molecule has 0 amide bonds. The Morgan fingerprint density at radius 1 is 0.579 bits per heavy atom. The van der Waals surface area contributed by atoms with Gasteiger partial charge in [-0.1, -0.05) is 31.9 Å². The molecule has 12 nitrogen and oxygen atoms in total. The third-order valence-electron chi connectivity index (χ3n) is 4.99. The molecule has 4 rings (SSSR count). The molecule has 0 aliphatic rings. The van der Waals surface area contributed by atoms with E-state index in [0.717, 1.165) is 21.1 Å². The molecule has 0 aromatic heterocycles. The van der Waals surface area contributed by atoms with Gasteiger partial charge in [0.15, 0.2) is 11.5 Å². The number of hydrogen-bond donors (Lipinski definition) is 4.